The monoisotopic (exact) mass is 330 g/mol. The van der Waals surface area contributed by atoms with Gasteiger partial charge in [-0.25, -0.2) is 0 Å². The topological polar surface area (TPSA) is 41.4 Å². The molecule has 0 radical (unpaired) electrons. The predicted octanol–water partition coefficient (Wildman–Crippen LogP) is 2.08. The smallest absolute Gasteiger partial charge is 0.338 e. The molecule has 0 spiro atoms. The summed E-state index contributed by atoms with van der Waals surface area (Å²) in [5.74, 6) is -0.156. The number of hydrogen-bond donors (Lipinski definition) is 0. The van der Waals surface area contributed by atoms with Crippen LogP contribution in [0.3, 0.4) is 0 Å². The fourth-order valence-electron chi connectivity index (χ4n) is 3.58. The first-order valence-electron chi connectivity index (χ1n) is 7.93. The minimum Gasteiger partial charge on any atom is -0.338 e. The third kappa shape index (κ3) is 3.08. The minimum absolute atomic E-state index is 0.156. The molecule has 3 heterocycles. The van der Waals surface area contributed by atoms with E-state index in [4.69, 9.17) is 0 Å². The Morgan fingerprint density at radius 2 is 2.09 bits per heavy atom. The molecule has 0 saturated carbocycles. The Kier molecular flexibility index (Phi) is 4.12. The maximum Gasteiger partial charge on any atom is 0.435 e. The quantitative estimate of drug-likeness (QED) is 0.834. The molecule has 1 aromatic rings. The van der Waals surface area contributed by atoms with Gasteiger partial charge in [0.1, 0.15) is 6.04 Å². The molecular weight excluding hydrogens is 309 g/mol. The van der Waals surface area contributed by atoms with Crippen molar-refractivity contribution in [1.82, 2.24) is 19.6 Å². The van der Waals surface area contributed by atoms with Crippen LogP contribution in [0.5, 0.6) is 0 Å². The first-order chi connectivity index (χ1) is 10.8. The number of carbonyl (C=O) groups is 1. The molecule has 2 fully saturated rings. The summed E-state index contributed by atoms with van der Waals surface area (Å²) in [5, 5.41) is 3.60. The van der Waals surface area contributed by atoms with Crippen LogP contribution in [0.15, 0.2) is 6.07 Å². The summed E-state index contributed by atoms with van der Waals surface area (Å²) in [4.78, 5) is 16.8. The van der Waals surface area contributed by atoms with Crippen LogP contribution in [-0.4, -0.2) is 57.7 Å². The van der Waals surface area contributed by atoms with Gasteiger partial charge in [0, 0.05) is 31.4 Å². The SMILES string of the molecule is Cc1cc(C(F)(F)F)nn1[C@@H](C)C(=O)N1CCN2CCC[C@@H]2C1. The maximum absolute atomic E-state index is 12.8. The van der Waals surface area contributed by atoms with Crippen molar-refractivity contribution in [2.45, 2.75) is 44.9 Å². The van der Waals surface area contributed by atoms with Crippen molar-refractivity contribution in [2.75, 3.05) is 26.2 Å². The Labute approximate surface area is 133 Å². The summed E-state index contributed by atoms with van der Waals surface area (Å²) >= 11 is 0. The van der Waals surface area contributed by atoms with Crippen LogP contribution in [-0.2, 0) is 11.0 Å². The van der Waals surface area contributed by atoms with E-state index in [1.54, 1.807) is 18.7 Å². The first kappa shape index (κ1) is 16.3. The zero-order chi connectivity index (χ0) is 16.8. The lowest BCUT2D eigenvalue weighted by Crippen LogP contribution is -2.53. The molecule has 0 unspecified atom stereocenters. The highest BCUT2D eigenvalue weighted by atomic mass is 19.4. The second-order valence-electron chi connectivity index (χ2n) is 6.41. The number of rotatable bonds is 2. The summed E-state index contributed by atoms with van der Waals surface area (Å²) in [6, 6.07) is 0.655. The number of nitrogens with zero attached hydrogens (tertiary/aromatic N) is 4. The maximum atomic E-state index is 12.8. The van der Waals surface area contributed by atoms with E-state index in [0.717, 1.165) is 32.0 Å². The lowest BCUT2D eigenvalue weighted by molar-refractivity contribution is -0.143. The van der Waals surface area contributed by atoms with E-state index in [9.17, 15) is 18.0 Å². The third-order valence-electron chi connectivity index (χ3n) is 4.84. The summed E-state index contributed by atoms with van der Waals surface area (Å²) in [6.07, 6.45) is -2.26. The third-order valence-corrected chi connectivity index (χ3v) is 4.84. The number of aromatic nitrogens is 2. The van der Waals surface area contributed by atoms with Gasteiger partial charge in [0.05, 0.1) is 0 Å². The van der Waals surface area contributed by atoms with Crippen LogP contribution >= 0.6 is 0 Å². The molecule has 2 atom stereocenters. The number of aryl methyl sites for hydroxylation is 1. The largest absolute Gasteiger partial charge is 0.435 e. The van der Waals surface area contributed by atoms with Crippen LogP contribution in [0.25, 0.3) is 0 Å². The van der Waals surface area contributed by atoms with Crippen LogP contribution in [0.1, 0.15) is 37.2 Å². The number of alkyl halides is 3. The molecule has 0 aliphatic carbocycles. The number of carbonyl (C=O) groups excluding carboxylic acids is 1. The Morgan fingerprint density at radius 3 is 2.74 bits per heavy atom. The number of amides is 1. The molecule has 23 heavy (non-hydrogen) atoms. The Hall–Kier alpha value is -1.57. The van der Waals surface area contributed by atoms with Gasteiger partial charge >= 0.3 is 6.18 Å². The van der Waals surface area contributed by atoms with E-state index in [1.165, 1.54) is 4.68 Å². The van der Waals surface area contributed by atoms with Crippen molar-refractivity contribution in [2.24, 2.45) is 0 Å². The van der Waals surface area contributed by atoms with Crippen LogP contribution in [0.4, 0.5) is 13.2 Å². The second kappa shape index (κ2) is 5.81. The molecule has 5 nitrogen and oxygen atoms in total. The molecule has 1 aromatic heterocycles. The zero-order valence-electron chi connectivity index (χ0n) is 13.3. The Bertz CT molecular complexity index is 598. The van der Waals surface area contributed by atoms with E-state index < -0.39 is 17.9 Å². The molecular formula is C15H21F3N4O. The number of fused-ring (bicyclic) bond motifs is 1. The van der Waals surface area contributed by atoms with Gasteiger partial charge in [-0.1, -0.05) is 0 Å². The zero-order valence-corrected chi connectivity index (χ0v) is 13.3. The average molecular weight is 330 g/mol. The van der Waals surface area contributed by atoms with Gasteiger partial charge in [0.2, 0.25) is 5.91 Å². The normalized spacial score (nSPS) is 23.9. The van der Waals surface area contributed by atoms with Crippen molar-refractivity contribution < 1.29 is 18.0 Å². The highest BCUT2D eigenvalue weighted by Crippen LogP contribution is 2.30. The van der Waals surface area contributed by atoms with Crippen LogP contribution in [0, 0.1) is 6.92 Å². The molecule has 1 amide bonds. The van der Waals surface area contributed by atoms with Crippen LogP contribution in [0.2, 0.25) is 0 Å². The van der Waals surface area contributed by atoms with E-state index in [-0.39, 0.29) is 5.91 Å². The van der Waals surface area contributed by atoms with E-state index in [2.05, 4.69) is 10.00 Å². The lowest BCUT2D eigenvalue weighted by Gasteiger charge is -2.38. The van der Waals surface area contributed by atoms with Crippen molar-refractivity contribution in [1.29, 1.82) is 0 Å². The van der Waals surface area contributed by atoms with Crippen molar-refractivity contribution in [3.05, 3.63) is 17.5 Å². The summed E-state index contributed by atoms with van der Waals surface area (Å²) in [6.45, 7) is 6.37. The second-order valence-corrected chi connectivity index (χ2v) is 6.41. The van der Waals surface area contributed by atoms with Crippen LogP contribution < -0.4 is 0 Å². The van der Waals surface area contributed by atoms with Crippen molar-refractivity contribution in [3.63, 3.8) is 0 Å². The van der Waals surface area contributed by atoms with Gasteiger partial charge in [0.15, 0.2) is 5.69 Å². The summed E-state index contributed by atoms with van der Waals surface area (Å²) < 4.78 is 39.5. The highest BCUT2D eigenvalue weighted by Gasteiger charge is 2.37. The fraction of sp³-hybridized carbons (Fsp3) is 0.733. The minimum atomic E-state index is -4.49. The Balaban J connectivity index is 1.73. The first-order valence-corrected chi connectivity index (χ1v) is 7.93. The van der Waals surface area contributed by atoms with E-state index in [0.29, 0.717) is 24.8 Å². The molecule has 0 aromatic carbocycles. The average Bonchev–Trinajstić information content (AvgIpc) is 3.10. The fourth-order valence-corrected chi connectivity index (χ4v) is 3.58. The Morgan fingerprint density at radius 1 is 1.35 bits per heavy atom. The van der Waals surface area contributed by atoms with E-state index >= 15 is 0 Å². The molecule has 128 valence electrons. The van der Waals surface area contributed by atoms with Gasteiger partial charge in [-0.3, -0.25) is 14.4 Å². The lowest BCUT2D eigenvalue weighted by atomic mass is 10.1. The van der Waals surface area contributed by atoms with Crippen molar-refractivity contribution >= 4 is 5.91 Å². The van der Waals surface area contributed by atoms with Gasteiger partial charge in [0.25, 0.3) is 0 Å². The summed E-state index contributed by atoms with van der Waals surface area (Å²) in [5.41, 5.74) is -0.604. The van der Waals surface area contributed by atoms with E-state index in [1.807, 2.05) is 0 Å². The predicted molar refractivity (Wildman–Crippen MR) is 77.9 cm³/mol. The number of halogens is 3. The number of hydrogen-bond acceptors (Lipinski definition) is 3. The van der Waals surface area contributed by atoms with Gasteiger partial charge < -0.3 is 4.90 Å². The van der Waals surface area contributed by atoms with Crippen molar-refractivity contribution in [3.8, 4) is 0 Å². The molecule has 2 aliphatic heterocycles. The van der Waals surface area contributed by atoms with Gasteiger partial charge in [-0.05, 0) is 39.3 Å². The number of piperazine rings is 1. The van der Waals surface area contributed by atoms with Gasteiger partial charge in [-0.2, -0.15) is 18.3 Å². The van der Waals surface area contributed by atoms with Gasteiger partial charge in [-0.15, -0.1) is 0 Å². The summed E-state index contributed by atoms with van der Waals surface area (Å²) in [7, 11) is 0. The standard InChI is InChI=1S/C15H21F3N4O/c1-10-8-13(15(16,17)18)19-22(10)11(2)14(23)21-7-6-20-5-3-4-12(20)9-21/h8,11-12H,3-7,9H2,1-2H3/t11-,12+/m0/s1. The molecule has 8 heteroatoms. The molecule has 2 aliphatic rings. The molecule has 0 bridgehead atoms. The molecule has 2 saturated heterocycles. The highest BCUT2D eigenvalue weighted by molar-refractivity contribution is 5.80. The molecule has 0 N–H and O–H groups in total. The molecule has 3 rings (SSSR count).